The van der Waals surface area contributed by atoms with Crippen LogP contribution in [-0.4, -0.2) is 39.5 Å². The summed E-state index contributed by atoms with van der Waals surface area (Å²) < 4.78 is 42.0. The van der Waals surface area contributed by atoms with Gasteiger partial charge in [-0.1, -0.05) is 11.6 Å². The summed E-state index contributed by atoms with van der Waals surface area (Å²) in [5, 5.41) is 12.6. The van der Waals surface area contributed by atoms with Crippen molar-refractivity contribution in [1.82, 2.24) is 14.8 Å². The lowest BCUT2D eigenvalue weighted by Crippen LogP contribution is -2.44. The van der Waals surface area contributed by atoms with E-state index in [1.807, 2.05) is 13.0 Å². The molecule has 2 aliphatic rings. The topological polar surface area (TPSA) is 91.6 Å². The van der Waals surface area contributed by atoms with Crippen molar-refractivity contribution in [3.8, 4) is 5.75 Å². The minimum absolute atomic E-state index is 0.198. The van der Waals surface area contributed by atoms with Gasteiger partial charge in [-0.3, -0.25) is 14.4 Å². The van der Waals surface area contributed by atoms with Crippen LogP contribution in [0, 0.1) is 17.5 Å². The van der Waals surface area contributed by atoms with Crippen molar-refractivity contribution in [2.45, 2.75) is 25.9 Å². The van der Waals surface area contributed by atoms with Gasteiger partial charge in [-0.2, -0.15) is 0 Å². The number of fused-ring (bicyclic) bond motifs is 4. The summed E-state index contributed by atoms with van der Waals surface area (Å²) in [5.74, 6) is -5.85. The number of amides is 2. The second-order valence-corrected chi connectivity index (χ2v) is 7.63. The molecule has 3 heterocycles. The molecule has 2 amide bonds. The van der Waals surface area contributed by atoms with Gasteiger partial charge in [-0.05, 0) is 13.3 Å². The molecule has 1 aromatic carbocycles. The van der Waals surface area contributed by atoms with Crippen molar-refractivity contribution in [1.29, 1.82) is 0 Å². The molecule has 0 unspecified atom stereocenters. The van der Waals surface area contributed by atoms with Crippen LogP contribution in [0.1, 0.15) is 45.8 Å². The second-order valence-electron chi connectivity index (χ2n) is 7.63. The molecule has 0 spiro atoms. The first-order valence-corrected chi connectivity index (χ1v) is 9.52. The Kier molecular flexibility index (Phi) is 5.08. The number of carbonyl (C=O) groups is 2. The number of hydrogen-bond acceptors (Lipinski definition) is 4. The first-order chi connectivity index (χ1) is 14.7. The maximum absolute atomic E-state index is 13.8. The highest BCUT2D eigenvalue weighted by molar-refractivity contribution is 5.99. The van der Waals surface area contributed by atoms with Gasteiger partial charge in [0.15, 0.2) is 11.4 Å². The van der Waals surface area contributed by atoms with Crippen molar-refractivity contribution in [3.63, 3.8) is 0 Å². The number of benzene rings is 1. The summed E-state index contributed by atoms with van der Waals surface area (Å²) in [7, 11) is 0. The van der Waals surface area contributed by atoms with Crippen molar-refractivity contribution in [3.05, 3.63) is 74.5 Å². The third kappa shape index (κ3) is 3.58. The maximum atomic E-state index is 13.8. The fourth-order valence-corrected chi connectivity index (χ4v) is 3.89. The van der Waals surface area contributed by atoms with Crippen LogP contribution in [0.2, 0.25) is 0 Å². The summed E-state index contributed by atoms with van der Waals surface area (Å²) in [5.41, 5.74) is -1.35. The number of pyridine rings is 1. The van der Waals surface area contributed by atoms with Crippen LogP contribution in [0.15, 0.2) is 34.8 Å². The van der Waals surface area contributed by atoms with Gasteiger partial charge >= 0.3 is 0 Å². The molecule has 0 saturated carbocycles. The summed E-state index contributed by atoms with van der Waals surface area (Å²) in [6.45, 7) is 1.95. The number of hydrogen-bond donors (Lipinski definition) is 2. The molecular formula is C21H18F3N3O4. The Morgan fingerprint density at radius 2 is 1.90 bits per heavy atom. The van der Waals surface area contributed by atoms with E-state index in [9.17, 15) is 32.7 Å². The Bertz CT molecular complexity index is 1180. The van der Waals surface area contributed by atoms with E-state index in [0.29, 0.717) is 31.6 Å². The van der Waals surface area contributed by atoms with Gasteiger partial charge in [-0.25, -0.2) is 13.2 Å². The quantitative estimate of drug-likeness (QED) is 0.727. The van der Waals surface area contributed by atoms with Crippen molar-refractivity contribution in [2.75, 3.05) is 13.1 Å². The summed E-state index contributed by atoms with van der Waals surface area (Å²) in [6.07, 6.45) is 3.65. The summed E-state index contributed by atoms with van der Waals surface area (Å²) in [6, 6.07) is 0.654. The monoisotopic (exact) mass is 433 g/mol. The van der Waals surface area contributed by atoms with Gasteiger partial charge in [0.2, 0.25) is 5.43 Å². The number of aromatic hydroxyl groups is 1. The standard InChI is InChI=1S/C21H18F3N3O4/c1-10-2-3-12-8-26(7-10)21(31)17-19(29)18(28)14(9-27(12)17)20(30)25-6-13-15(23)4-11(22)5-16(13)24/h2,4-5,9,12,29H,3,6-8H2,1H3,(H,25,30)/t12-/m0/s1. The van der Waals surface area contributed by atoms with E-state index < -0.39 is 58.1 Å². The SMILES string of the molecule is CC1=CC[C@H]2CN(C1)C(=O)c1c(O)c(=O)c(C(=O)NCc3c(F)cc(F)cc3F)cn12. The van der Waals surface area contributed by atoms with Gasteiger partial charge in [0.1, 0.15) is 23.0 Å². The number of aromatic nitrogens is 1. The van der Waals surface area contributed by atoms with E-state index >= 15 is 0 Å². The number of nitrogens with zero attached hydrogens (tertiary/aromatic N) is 2. The van der Waals surface area contributed by atoms with E-state index in [-0.39, 0.29) is 11.7 Å². The third-order valence-corrected chi connectivity index (χ3v) is 5.48. The van der Waals surface area contributed by atoms with E-state index in [4.69, 9.17) is 0 Å². The van der Waals surface area contributed by atoms with Crippen LogP contribution in [0.3, 0.4) is 0 Å². The van der Waals surface area contributed by atoms with Crippen molar-refractivity contribution < 1.29 is 27.9 Å². The fraction of sp³-hybridized carbons (Fsp3) is 0.286. The molecule has 1 aromatic heterocycles. The average molecular weight is 433 g/mol. The van der Waals surface area contributed by atoms with Gasteiger partial charge < -0.3 is 19.9 Å². The first kappa shape index (κ1) is 20.7. The van der Waals surface area contributed by atoms with Gasteiger partial charge in [0.25, 0.3) is 11.8 Å². The second kappa shape index (κ2) is 7.60. The lowest BCUT2D eigenvalue weighted by atomic mass is 10.1. The minimum atomic E-state index is -1.19. The number of halogens is 3. The Morgan fingerprint density at radius 1 is 1.23 bits per heavy atom. The molecule has 31 heavy (non-hydrogen) atoms. The van der Waals surface area contributed by atoms with Crippen LogP contribution in [0.5, 0.6) is 5.75 Å². The zero-order valence-electron chi connectivity index (χ0n) is 16.4. The smallest absolute Gasteiger partial charge is 0.274 e. The highest BCUT2D eigenvalue weighted by Gasteiger charge is 2.36. The Balaban J connectivity index is 1.68. The molecule has 0 fully saturated rings. The predicted molar refractivity (Wildman–Crippen MR) is 103 cm³/mol. The molecule has 2 N–H and O–H groups in total. The van der Waals surface area contributed by atoms with Gasteiger partial charge in [0, 0.05) is 43.5 Å². The number of carbonyl (C=O) groups excluding carboxylic acids is 2. The number of allylic oxidation sites excluding steroid dienone is 1. The molecule has 10 heteroatoms. The van der Waals surface area contributed by atoms with E-state index in [2.05, 4.69) is 5.32 Å². The highest BCUT2D eigenvalue weighted by Crippen LogP contribution is 2.31. The fourth-order valence-electron chi connectivity index (χ4n) is 3.89. The molecule has 2 bridgehead atoms. The molecule has 7 nitrogen and oxygen atoms in total. The zero-order valence-corrected chi connectivity index (χ0v) is 16.4. The van der Waals surface area contributed by atoms with E-state index in [1.165, 1.54) is 15.7 Å². The normalized spacial score (nSPS) is 17.7. The third-order valence-electron chi connectivity index (χ3n) is 5.48. The van der Waals surface area contributed by atoms with Crippen LogP contribution >= 0.6 is 0 Å². The molecule has 0 radical (unpaired) electrons. The van der Waals surface area contributed by atoms with Crippen molar-refractivity contribution in [2.24, 2.45) is 0 Å². The molecule has 162 valence electrons. The van der Waals surface area contributed by atoms with E-state index in [0.717, 1.165) is 5.57 Å². The average Bonchev–Trinajstić information content (AvgIpc) is 2.87. The Labute approximate surface area is 174 Å². The zero-order chi connectivity index (χ0) is 22.4. The summed E-state index contributed by atoms with van der Waals surface area (Å²) in [4.78, 5) is 39.4. The lowest BCUT2D eigenvalue weighted by Gasteiger charge is -2.34. The number of rotatable bonds is 3. The molecule has 0 saturated heterocycles. The molecular weight excluding hydrogens is 415 g/mol. The maximum Gasteiger partial charge on any atom is 0.274 e. The van der Waals surface area contributed by atoms with Gasteiger partial charge in [0.05, 0.1) is 6.04 Å². The largest absolute Gasteiger partial charge is 0.503 e. The van der Waals surface area contributed by atoms with Crippen LogP contribution < -0.4 is 10.7 Å². The Hall–Kier alpha value is -3.56. The first-order valence-electron chi connectivity index (χ1n) is 9.52. The van der Waals surface area contributed by atoms with Crippen LogP contribution in [0.4, 0.5) is 13.2 Å². The molecule has 2 aliphatic heterocycles. The predicted octanol–water partition coefficient (Wildman–Crippen LogP) is 2.25. The number of nitrogens with one attached hydrogen (secondary N) is 1. The molecule has 2 aromatic rings. The minimum Gasteiger partial charge on any atom is -0.503 e. The molecule has 0 aliphatic carbocycles. The van der Waals surface area contributed by atoms with E-state index in [1.54, 1.807) is 0 Å². The lowest BCUT2D eigenvalue weighted by molar-refractivity contribution is 0.0684. The van der Waals surface area contributed by atoms with Crippen LogP contribution in [-0.2, 0) is 6.54 Å². The Morgan fingerprint density at radius 3 is 2.58 bits per heavy atom. The van der Waals surface area contributed by atoms with Crippen molar-refractivity contribution >= 4 is 11.8 Å². The van der Waals surface area contributed by atoms with Crippen LogP contribution in [0.25, 0.3) is 0 Å². The summed E-state index contributed by atoms with van der Waals surface area (Å²) >= 11 is 0. The highest BCUT2D eigenvalue weighted by atomic mass is 19.1. The molecule has 4 rings (SSSR count). The van der Waals surface area contributed by atoms with Gasteiger partial charge in [-0.15, -0.1) is 0 Å². The molecule has 1 atom stereocenters.